The van der Waals surface area contributed by atoms with E-state index in [0.717, 1.165) is 16.8 Å². The van der Waals surface area contributed by atoms with E-state index in [0.29, 0.717) is 12.2 Å². The Kier molecular flexibility index (Phi) is 5.77. The van der Waals surface area contributed by atoms with Gasteiger partial charge in [-0.1, -0.05) is 18.2 Å². The molecule has 0 amide bonds. The fourth-order valence-corrected chi connectivity index (χ4v) is 1.79. The summed E-state index contributed by atoms with van der Waals surface area (Å²) >= 11 is 0. The van der Waals surface area contributed by atoms with Crippen LogP contribution in [0.2, 0.25) is 0 Å². The van der Waals surface area contributed by atoms with Gasteiger partial charge in [-0.2, -0.15) is 13.4 Å². The van der Waals surface area contributed by atoms with Crippen LogP contribution in [0.4, 0.5) is 5.95 Å². The van der Waals surface area contributed by atoms with Crippen LogP contribution in [0.1, 0.15) is 11.1 Å². The number of hydrogen-bond acceptors (Lipinski definition) is 6. The van der Waals surface area contributed by atoms with Crippen LogP contribution in [-0.4, -0.2) is 40.8 Å². The highest BCUT2D eigenvalue weighted by Gasteiger charge is 2.08. The lowest BCUT2D eigenvalue weighted by Gasteiger charge is -2.11. The standard InChI is InChI=1S/C12H14N4O.CH4O3S/c1-8-5-4-6-9(2)10(8)16-7-14-11(13-3)15-12(16)17;1-5(2,3)4/h4-7H,1-3H3,(H,13,15,17);1H3,(H,2,3,4). The molecule has 0 bridgehead atoms. The van der Waals surface area contributed by atoms with Gasteiger partial charge in [-0.05, 0) is 25.0 Å². The lowest BCUT2D eigenvalue weighted by molar-refractivity contribution is 0.490. The molecule has 0 aliphatic rings. The van der Waals surface area contributed by atoms with Crippen LogP contribution in [0, 0.1) is 13.8 Å². The molecular weight excluding hydrogens is 308 g/mol. The number of benzene rings is 1. The van der Waals surface area contributed by atoms with Gasteiger partial charge in [-0.3, -0.25) is 9.12 Å². The van der Waals surface area contributed by atoms with E-state index in [4.69, 9.17) is 4.55 Å². The molecule has 2 N–H and O–H groups in total. The third-order valence-electron chi connectivity index (χ3n) is 2.61. The summed E-state index contributed by atoms with van der Waals surface area (Å²) in [5.74, 6) is 0.331. The van der Waals surface area contributed by atoms with Crippen LogP contribution in [-0.2, 0) is 10.1 Å². The van der Waals surface area contributed by atoms with Crippen molar-refractivity contribution in [3.63, 3.8) is 0 Å². The van der Waals surface area contributed by atoms with Crippen LogP contribution < -0.4 is 11.0 Å². The van der Waals surface area contributed by atoms with E-state index < -0.39 is 10.1 Å². The van der Waals surface area contributed by atoms with Crippen LogP contribution >= 0.6 is 0 Å². The number of nitrogens with zero attached hydrogens (tertiary/aromatic N) is 3. The number of anilines is 1. The minimum absolute atomic E-state index is 0.331. The molecule has 0 spiro atoms. The maximum Gasteiger partial charge on any atom is 0.356 e. The minimum atomic E-state index is -3.67. The summed E-state index contributed by atoms with van der Waals surface area (Å²) in [5.41, 5.74) is 2.56. The summed E-state index contributed by atoms with van der Waals surface area (Å²) in [6.45, 7) is 3.92. The zero-order valence-corrected chi connectivity index (χ0v) is 13.5. The minimum Gasteiger partial charge on any atom is -0.357 e. The van der Waals surface area contributed by atoms with Crippen LogP contribution in [0.5, 0.6) is 0 Å². The van der Waals surface area contributed by atoms with E-state index in [-0.39, 0.29) is 5.69 Å². The molecule has 9 heteroatoms. The Hall–Kier alpha value is -2.26. The normalized spacial score (nSPS) is 10.6. The average Bonchev–Trinajstić information content (AvgIpc) is 2.38. The maximum atomic E-state index is 11.9. The molecule has 0 radical (unpaired) electrons. The number of hydrogen-bond donors (Lipinski definition) is 2. The van der Waals surface area contributed by atoms with Gasteiger partial charge < -0.3 is 5.32 Å². The van der Waals surface area contributed by atoms with Crippen molar-refractivity contribution in [3.05, 3.63) is 46.1 Å². The molecule has 8 nitrogen and oxygen atoms in total. The van der Waals surface area contributed by atoms with Crippen molar-refractivity contribution in [3.8, 4) is 5.69 Å². The van der Waals surface area contributed by atoms with Gasteiger partial charge in [0.15, 0.2) is 0 Å². The summed E-state index contributed by atoms with van der Waals surface area (Å²) < 4.78 is 27.3. The molecule has 2 aromatic rings. The Morgan fingerprint density at radius 3 is 2.14 bits per heavy atom. The second kappa shape index (κ2) is 7.14. The summed E-state index contributed by atoms with van der Waals surface area (Å²) in [5, 5.41) is 2.74. The molecule has 0 unspecified atom stereocenters. The quantitative estimate of drug-likeness (QED) is 0.784. The average molecular weight is 326 g/mol. The molecule has 1 heterocycles. The van der Waals surface area contributed by atoms with Crippen molar-refractivity contribution >= 4 is 16.1 Å². The SMILES string of the molecule is CNc1ncn(-c2c(C)cccc2C)c(=O)n1.CS(=O)(=O)O. The third-order valence-corrected chi connectivity index (χ3v) is 2.61. The van der Waals surface area contributed by atoms with Gasteiger partial charge in [-0.25, -0.2) is 9.78 Å². The Morgan fingerprint density at radius 2 is 1.73 bits per heavy atom. The van der Waals surface area contributed by atoms with Gasteiger partial charge in [0.2, 0.25) is 5.95 Å². The Morgan fingerprint density at radius 1 is 1.23 bits per heavy atom. The number of rotatable bonds is 2. The van der Waals surface area contributed by atoms with E-state index in [1.165, 1.54) is 10.9 Å². The zero-order valence-electron chi connectivity index (χ0n) is 12.7. The van der Waals surface area contributed by atoms with Crippen molar-refractivity contribution < 1.29 is 13.0 Å². The molecule has 22 heavy (non-hydrogen) atoms. The van der Waals surface area contributed by atoms with Gasteiger partial charge in [0.05, 0.1) is 11.9 Å². The number of aromatic nitrogens is 3. The Bertz CT molecular complexity index is 787. The van der Waals surface area contributed by atoms with E-state index >= 15 is 0 Å². The smallest absolute Gasteiger partial charge is 0.356 e. The van der Waals surface area contributed by atoms with Crippen molar-refractivity contribution in [1.29, 1.82) is 0 Å². The topological polar surface area (TPSA) is 114 Å². The summed E-state index contributed by atoms with van der Waals surface area (Å²) in [4.78, 5) is 19.8. The van der Waals surface area contributed by atoms with Crippen LogP contribution in [0.15, 0.2) is 29.3 Å². The molecule has 1 aromatic carbocycles. The first kappa shape index (κ1) is 17.8. The van der Waals surface area contributed by atoms with Crippen LogP contribution in [0.3, 0.4) is 0 Å². The Labute approximate surface area is 128 Å². The van der Waals surface area contributed by atoms with Gasteiger partial charge >= 0.3 is 5.69 Å². The molecule has 0 atom stereocenters. The van der Waals surface area contributed by atoms with Gasteiger partial charge in [0.25, 0.3) is 10.1 Å². The fraction of sp³-hybridized carbons (Fsp3) is 0.308. The van der Waals surface area contributed by atoms with Gasteiger partial charge in [0.1, 0.15) is 6.33 Å². The molecule has 0 fully saturated rings. The van der Waals surface area contributed by atoms with Crippen molar-refractivity contribution in [2.24, 2.45) is 0 Å². The lowest BCUT2D eigenvalue weighted by atomic mass is 10.1. The molecular formula is C13H18N4O4S. The van der Waals surface area contributed by atoms with Crippen molar-refractivity contribution in [1.82, 2.24) is 14.5 Å². The summed E-state index contributed by atoms with van der Waals surface area (Å²) in [6, 6.07) is 5.88. The molecule has 0 saturated heterocycles. The van der Waals surface area contributed by atoms with Crippen molar-refractivity contribution in [2.75, 3.05) is 18.6 Å². The monoisotopic (exact) mass is 326 g/mol. The lowest BCUT2D eigenvalue weighted by Crippen LogP contribution is -2.24. The second-order valence-corrected chi connectivity index (χ2v) is 6.02. The largest absolute Gasteiger partial charge is 0.357 e. The highest BCUT2D eigenvalue weighted by atomic mass is 32.2. The number of aryl methyl sites for hydroxylation is 2. The fourth-order valence-electron chi connectivity index (χ4n) is 1.79. The highest BCUT2D eigenvalue weighted by Crippen LogP contribution is 2.16. The number of para-hydroxylation sites is 1. The predicted molar refractivity (Wildman–Crippen MR) is 84.1 cm³/mol. The van der Waals surface area contributed by atoms with Gasteiger partial charge in [-0.15, -0.1) is 0 Å². The first-order valence-corrected chi connectivity index (χ1v) is 8.11. The maximum absolute atomic E-state index is 11.9. The van der Waals surface area contributed by atoms with E-state index in [9.17, 15) is 13.2 Å². The first-order valence-electron chi connectivity index (χ1n) is 6.26. The van der Waals surface area contributed by atoms with E-state index in [1.807, 2.05) is 32.0 Å². The van der Waals surface area contributed by atoms with Crippen molar-refractivity contribution in [2.45, 2.75) is 13.8 Å². The number of nitrogens with one attached hydrogen (secondary N) is 1. The zero-order chi connectivity index (χ0) is 16.9. The third kappa shape index (κ3) is 5.26. The van der Waals surface area contributed by atoms with Gasteiger partial charge in [0, 0.05) is 7.05 Å². The Balaban J connectivity index is 0.000000422. The predicted octanol–water partition coefficient (Wildman–Crippen LogP) is 0.790. The van der Waals surface area contributed by atoms with E-state index in [1.54, 1.807) is 7.05 Å². The molecule has 2 rings (SSSR count). The van der Waals surface area contributed by atoms with Crippen LogP contribution in [0.25, 0.3) is 5.69 Å². The molecule has 0 aliphatic heterocycles. The van der Waals surface area contributed by atoms with E-state index in [2.05, 4.69) is 15.3 Å². The summed E-state index contributed by atoms with van der Waals surface area (Å²) in [7, 11) is -1.99. The molecule has 0 saturated carbocycles. The molecule has 0 aliphatic carbocycles. The summed E-state index contributed by atoms with van der Waals surface area (Å²) in [6.07, 6.45) is 2.21. The second-order valence-electron chi connectivity index (χ2n) is 4.56. The molecule has 1 aromatic heterocycles. The molecule has 120 valence electrons. The highest BCUT2D eigenvalue weighted by molar-refractivity contribution is 7.85. The first-order chi connectivity index (χ1) is 10.1.